The molecule has 0 saturated heterocycles. The van der Waals surface area contributed by atoms with Crippen molar-refractivity contribution < 1.29 is 17.6 Å². The van der Waals surface area contributed by atoms with Crippen LogP contribution in [0, 0.1) is 12.7 Å². The van der Waals surface area contributed by atoms with Crippen LogP contribution in [0.25, 0.3) is 0 Å². The van der Waals surface area contributed by atoms with Crippen molar-refractivity contribution >= 4 is 15.7 Å². The molecule has 1 amide bonds. The van der Waals surface area contributed by atoms with Gasteiger partial charge in [0.25, 0.3) is 5.91 Å². The fraction of sp³-hybridized carbons (Fsp3) is 0.278. The van der Waals surface area contributed by atoms with E-state index in [-0.39, 0.29) is 22.4 Å². The molecule has 0 aliphatic heterocycles. The summed E-state index contributed by atoms with van der Waals surface area (Å²) >= 11 is 0. The fourth-order valence-corrected chi connectivity index (χ4v) is 2.95. The maximum atomic E-state index is 13.7. The zero-order valence-electron chi connectivity index (χ0n) is 14.1. The van der Waals surface area contributed by atoms with Crippen LogP contribution in [0.5, 0.6) is 0 Å². The van der Waals surface area contributed by atoms with Crippen molar-refractivity contribution in [2.45, 2.75) is 24.8 Å². The lowest BCUT2D eigenvalue weighted by Crippen LogP contribution is -2.29. The molecule has 6 heteroatoms. The van der Waals surface area contributed by atoms with Gasteiger partial charge in [0.05, 0.1) is 10.9 Å². The minimum atomic E-state index is -3.26. The predicted octanol–water partition coefficient (Wildman–Crippen LogP) is 3.37. The first kappa shape index (κ1) is 18.1. The molecular weight excluding hydrogens is 329 g/mol. The number of sulfone groups is 1. The van der Waals surface area contributed by atoms with E-state index in [0.29, 0.717) is 5.56 Å². The number of carbonyl (C=O) groups is 1. The molecule has 2 aromatic carbocycles. The molecule has 0 N–H and O–H groups in total. The Kier molecular flexibility index (Phi) is 5.08. The summed E-state index contributed by atoms with van der Waals surface area (Å²) in [5.74, 6) is -0.715. The summed E-state index contributed by atoms with van der Waals surface area (Å²) in [5, 5.41) is 0. The second-order valence-corrected chi connectivity index (χ2v) is 7.91. The lowest BCUT2D eigenvalue weighted by atomic mass is 10.1. The number of benzene rings is 2. The van der Waals surface area contributed by atoms with Gasteiger partial charge in [0.1, 0.15) is 5.82 Å². The topological polar surface area (TPSA) is 54.5 Å². The lowest BCUT2D eigenvalue weighted by Gasteiger charge is -2.25. The molecule has 1 atom stereocenters. The monoisotopic (exact) mass is 349 g/mol. The van der Waals surface area contributed by atoms with Crippen LogP contribution in [-0.4, -0.2) is 32.5 Å². The zero-order valence-corrected chi connectivity index (χ0v) is 14.9. The molecule has 0 radical (unpaired) electrons. The van der Waals surface area contributed by atoms with E-state index in [1.165, 1.54) is 23.1 Å². The summed E-state index contributed by atoms with van der Waals surface area (Å²) in [5.41, 5.74) is 1.56. The summed E-state index contributed by atoms with van der Waals surface area (Å²) in [6.07, 6.45) is 1.15. The minimum Gasteiger partial charge on any atom is -0.335 e. The van der Waals surface area contributed by atoms with Crippen molar-refractivity contribution in [3.05, 3.63) is 65.0 Å². The molecule has 0 bridgehead atoms. The van der Waals surface area contributed by atoms with Gasteiger partial charge in [-0.1, -0.05) is 18.2 Å². The molecule has 4 nitrogen and oxygen atoms in total. The largest absolute Gasteiger partial charge is 0.335 e. The van der Waals surface area contributed by atoms with E-state index in [1.54, 1.807) is 38.2 Å². The van der Waals surface area contributed by atoms with E-state index in [0.717, 1.165) is 11.8 Å². The van der Waals surface area contributed by atoms with E-state index in [2.05, 4.69) is 0 Å². The molecule has 0 heterocycles. The number of hydrogen-bond donors (Lipinski definition) is 0. The molecule has 1 unspecified atom stereocenters. The Labute approximate surface area is 141 Å². The average molecular weight is 349 g/mol. The van der Waals surface area contributed by atoms with E-state index in [4.69, 9.17) is 0 Å². The number of aryl methyl sites for hydroxylation is 1. The van der Waals surface area contributed by atoms with E-state index in [9.17, 15) is 17.6 Å². The molecule has 2 rings (SSSR count). The Morgan fingerprint density at radius 3 is 2.21 bits per heavy atom. The van der Waals surface area contributed by atoms with E-state index < -0.39 is 15.7 Å². The number of halogens is 1. The normalized spacial score (nSPS) is 12.7. The summed E-state index contributed by atoms with van der Waals surface area (Å²) < 4.78 is 36.7. The molecule has 128 valence electrons. The summed E-state index contributed by atoms with van der Waals surface area (Å²) in [4.78, 5) is 14.2. The summed E-state index contributed by atoms with van der Waals surface area (Å²) in [7, 11) is -1.62. The highest BCUT2D eigenvalue weighted by molar-refractivity contribution is 7.90. The molecule has 0 saturated carbocycles. The molecule has 0 fully saturated rings. The first-order chi connectivity index (χ1) is 11.1. The van der Waals surface area contributed by atoms with Gasteiger partial charge in [-0.05, 0) is 49.2 Å². The van der Waals surface area contributed by atoms with Crippen LogP contribution in [0.15, 0.2) is 47.4 Å². The number of carbonyl (C=O) groups excluding carboxylic acids is 1. The number of rotatable bonds is 4. The van der Waals surface area contributed by atoms with Gasteiger partial charge < -0.3 is 4.90 Å². The fourth-order valence-electron chi connectivity index (χ4n) is 2.32. The van der Waals surface area contributed by atoms with Crippen LogP contribution in [-0.2, 0) is 9.84 Å². The van der Waals surface area contributed by atoms with Gasteiger partial charge in [-0.15, -0.1) is 0 Å². The van der Waals surface area contributed by atoms with Crippen molar-refractivity contribution in [1.29, 1.82) is 0 Å². The standard InChI is InChI=1S/C18H20FNO3S/c1-12-5-6-15(11-17(12)19)18(21)20(3)13(2)14-7-9-16(10-8-14)24(4,22)23/h5-11,13H,1-4H3. The molecule has 0 aliphatic carbocycles. The molecule has 24 heavy (non-hydrogen) atoms. The maximum Gasteiger partial charge on any atom is 0.254 e. The third-order valence-corrected chi connectivity index (χ3v) is 5.24. The van der Waals surface area contributed by atoms with E-state index in [1.807, 2.05) is 6.92 Å². The highest BCUT2D eigenvalue weighted by Crippen LogP contribution is 2.23. The predicted molar refractivity (Wildman–Crippen MR) is 91.2 cm³/mol. The van der Waals surface area contributed by atoms with Crippen molar-refractivity contribution in [2.24, 2.45) is 0 Å². The molecule has 0 spiro atoms. The Hall–Kier alpha value is -2.21. The van der Waals surface area contributed by atoms with Crippen LogP contribution < -0.4 is 0 Å². The Morgan fingerprint density at radius 2 is 1.71 bits per heavy atom. The molecular formula is C18H20FNO3S. The van der Waals surface area contributed by atoms with Crippen molar-refractivity contribution in [1.82, 2.24) is 4.90 Å². The molecule has 2 aromatic rings. The van der Waals surface area contributed by atoms with Gasteiger partial charge in [-0.3, -0.25) is 4.79 Å². The van der Waals surface area contributed by atoms with E-state index >= 15 is 0 Å². The van der Waals surface area contributed by atoms with Crippen LogP contribution in [0.3, 0.4) is 0 Å². The maximum absolute atomic E-state index is 13.7. The van der Waals surface area contributed by atoms with Crippen LogP contribution in [0.2, 0.25) is 0 Å². The second-order valence-electron chi connectivity index (χ2n) is 5.90. The van der Waals surface area contributed by atoms with Gasteiger partial charge in [0.2, 0.25) is 0 Å². The van der Waals surface area contributed by atoms with Gasteiger partial charge in [-0.2, -0.15) is 0 Å². The van der Waals surface area contributed by atoms with Crippen LogP contribution in [0.1, 0.15) is 34.5 Å². The van der Waals surface area contributed by atoms with Gasteiger partial charge in [-0.25, -0.2) is 12.8 Å². The van der Waals surface area contributed by atoms with Gasteiger partial charge in [0, 0.05) is 18.9 Å². The van der Waals surface area contributed by atoms with Crippen molar-refractivity contribution in [3.63, 3.8) is 0 Å². The molecule has 0 aliphatic rings. The Bertz CT molecular complexity index is 860. The quantitative estimate of drug-likeness (QED) is 0.850. The minimum absolute atomic E-state index is 0.230. The third-order valence-electron chi connectivity index (χ3n) is 4.11. The first-order valence-electron chi connectivity index (χ1n) is 7.44. The number of nitrogens with zero attached hydrogens (tertiary/aromatic N) is 1. The van der Waals surface area contributed by atoms with Crippen molar-refractivity contribution in [3.8, 4) is 0 Å². The second kappa shape index (κ2) is 6.73. The molecule has 0 aromatic heterocycles. The van der Waals surface area contributed by atoms with Crippen molar-refractivity contribution in [2.75, 3.05) is 13.3 Å². The third kappa shape index (κ3) is 3.82. The van der Waals surface area contributed by atoms with Gasteiger partial charge >= 0.3 is 0 Å². The number of amides is 1. The highest BCUT2D eigenvalue weighted by Gasteiger charge is 2.20. The van der Waals surface area contributed by atoms with Crippen LogP contribution in [0.4, 0.5) is 4.39 Å². The van der Waals surface area contributed by atoms with Crippen LogP contribution >= 0.6 is 0 Å². The Balaban J connectivity index is 2.23. The zero-order chi connectivity index (χ0) is 18.1. The first-order valence-corrected chi connectivity index (χ1v) is 9.33. The smallest absolute Gasteiger partial charge is 0.254 e. The number of hydrogen-bond acceptors (Lipinski definition) is 3. The summed E-state index contributed by atoms with van der Waals surface area (Å²) in [6, 6.07) is 10.5. The average Bonchev–Trinajstić information content (AvgIpc) is 2.54. The Morgan fingerprint density at radius 1 is 1.12 bits per heavy atom. The summed E-state index contributed by atoms with van der Waals surface area (Å²) in [6.45, 7) is 3.47. The highest BCUT2D eigenvalue weighted by atomic mass is 32.2. The SMILES string of the molecule is Cc1ccc(C(=O)N(C)C(C)c2ccc(S(C)(=O)=O)cc2)cc1F. The van der Waals surface area contributed by atoms with Gasteiger partial charge in [0.15, 0.2) is 9.84 Å². The lowest BCUT2D eigenvalue weighted by molar-refractivity contribution is 0.0742.